The molecule has 0 aliphatic heterocycles. The maximum atomic E-state index is 12.9. The fourth-order valence-electron chi connectivity index (χ4n) is 3.46. The van der Waals surface area contributed by atoms with Crippen molar-refractivity contribution in [2.75, 3.05) is 6.54 Å². The normalized spacial score (nSPS) is 20.2. The number of carbonyl (C=O) groups is 1. The second kappa shape index (κ2) is 9.66. The SMILES string of the molecule is CCCCC1CCC(C(=O)NCC#Cc2ccccc2C(F)(F)F)CC1. The quantitative estimate of drug-likeness (QED) is 0.717. The number of carbonyl (C=O) groups excluding carboxylic acids is 1. The molecule has 26 heavy (non-hydrogen) atoms. The van der Waals surface area contributed by atoms with Crippen molar-refractivity contribution in [2.45, 2.75) is 58.0 Å². The number of benzene rings is 1. The monoisotopic (exact) mass is 365 g/mol. The van der Waals surface area contributed by atoms with Gasteiger partial charge >= 0.3 is 6.18 Å². The molecule has 1 aromatic carbocycles. The zero-order valence-electron chi connectivity index (χ0n) is 15.2. The van der Waals surface area contributed by atoms with Crippen LogP contribution in [0.1, 0.15) is 63.0 Å². The van der Waals surface area contributed by atoms with Gasteiger partial charge in [-0.3, -0.25) is 4.79 Å². The number of halogens is 3. The topological polar surface area (TPSA) is 29.1 Å². The molecule has 1 aromatic rings. The largest absolute Gasteiger partial charge is 0.417 e. The van der Waals surface area contributed by atoms with E-state index < -0.39 is 11.7 Å². The van der Waals surface area contributed by atoms with Crippen molar-refractivity contribution in [1.29, 1.82) is 0 Å². The van der Waals surface area contributed by atoms with E-state index in [-0.39, 0.29) is 23.9 Å². The van der Waals surface area contributed by atoms with E-state index in [1.807, 2.05) is 0 Å². The summed E-state index contributed by atoms with van der Waals surface area (Å²) in [5.74, 6) is 5.88. The van der Waals surface area contributed by atoms with E-state index in [9.17, 15) is 18.0 Å². The molecule has 0 radical (unpaired) electrons. The van der Waals surface area contributed by atoms with Crippen LogP contribution in [-0.2, 0) is 11.0 Å². The molecule has 0 atom stereocenters. The number of amides is 1. The lowest BCUT2D eigenvalue weighted by Gasteiger charge is -2.27. The summed E-state index contributed by atoms with van der Waals surface area (Å²) in [4.78, 5) is 12.2. The van der Waals surface area contributed by atoms with Gasteiger partial charge in [-0.2, -0.15) is 13.2 Å². The van der Waals surface area contributed by atoms with Crippen LogP contribution >= 0.6 is 0 Å². The highest BCUT2D eigenvalue weighted by atomic mass is 19.4. The Labute approximate surface area is 153 Å². The molecule has 1 fully saturated rings. The maximum absolute atomic E-state index is 12.9. The van der Waals surface area contributed by atoms with Crippen LogP contribution in [0, 0.1) is 23.7 Å². The molecule has 142 valence electrons. The Morgan fingerprint density at radius 3 is 2.54 bits per heavy atom. The van der Waals surface area contributed by atoms with Gasteiger partial charge in [-0.15, -0.1) is 0 Å². The number of hydrogen-bond acceptors (Lipinski definition) is 1. The van der Waals surface area contributed by atoms with Gasteiger partial charge in [0.25, 0.3) is 0 Å². The predicted molar refractivity (Wildman–Crippen MR) is 96.3 cm³/mol. The zero-order valence-corrected chi connectivity index (χ0v) is 15.2. The van der Waals surface area contributed by atoms with Crippen LogP contribution in [0.3, 0.4) is 0 Å². The van der Waals surface area contributed by atoms with E-state index >= 15 is 0 Å². The lowest BCUT2D eigenvalue weighted by molar-refractivity contribution is -0.137. The van der Waals surface area contributed by atoms with Crippen molar-refractivity contribution in [3.05, 3.63) is 35.4 Å². The minimum absolute atomic E-state index is 0.0112. The second-order valence-corrected chi connectivity index (χ2v) is 6.92. The Balaban J connectivity index is 1.81. The minimum atomic E-state index is -4.43. The molecule has 1 aliphatic rings. The molecule has 2 nitrogen and oxygen atoms in total. The van der Waals surface area contributed by atoms with Crippen molar-refractivity contribution < 1.29 is 18.0 Å². The van der Waals surface area contributed by atoms with Gasteiger partial charge in [0.1, 0.15) is 0 Å². The molecular formula is C21H26F3NO. The molecule has 2 rings (SSSR count). The molecule has 0 aromatic heterocycles. The summed E-state index contributed by atoms with van der Waals surface area (Å²) in [5.41, 5.74) is -0.810. The van der Waals surface area contributed by atoms with Crippen LogP contribution in [0.15, 0.2) is 24.3 Å². The smallest absolute Gasteiger partial charge is 0.345 e. The molecule has 1 saturated carbocycles. The van der Waals surface area contributed by atoms with Crippen molar-refractivity contribution >= 4 is 5.91 Å². The summed E-state index contributed by atoms with van der Waals surface area (Å²) >= 11 is 0. The molecule has 1 aliphatic carbocycles. The van der Waals surface area contributed by atoms with E-state index in [0.717, 1.165) is 37.7 Å². The van der Waals surface area contributed by atoms with E-state index in [4.69, 9.17) is 0 Å². The van der Waals surface area contributed by atoms with E-state index in [1.165, 1.54) is 37.5 Å². The van der Waals surface area contributed by atoms with Crippen molar-refractivity contribution in [2.24, 2.45) is 11.8 Å². The maximum Gasteiger partial charge on any atom is 0.417 e. The summed E-state index contributed by atoms with van der Waals surface area (Å²) in [6.07, 6.45) is 3.23. The van der Waals surface area contributed by atoms with Crippen molar-refractivity contribution in [1.82, 2.24) is 5.32 Å². The first kappa shape index (κ1) is 20.4. The molecule has 1 N–H and O–H groups in total. The summed E-state index contributed by atoms with van der Waals surface area (Å²) in [6, 6.07) is 5.22. The van der Waals surface area contributed by atoms with E-state index in [1.54, 1.807) is 0 Å². The minimum Gasteiger partial charge on any atom is -0.345 e. The number of hydrogen-bond donors (Lipinski definition) is 1. The summed E-state index contributed by atoms with van der Waals surface area (Å²) < 4.78 is 38.7. The van der Waals surface area contributed by atoms with Crippen LogP contribution < -0.4 is 5.32 Å². The van der Waals surface area contributed by atoms with Crippen molar-refractivity contribution in [3.8, 4) is 11.8 Å². The molecule has 0 bridgehead atoms. The molecule has 0 heterocycles. The summed E-state index contributed by atoms with van der Waals surface area (Å²) in [6.45, 7) is 2.26. The van der Waals surface area contributed by atoms with E-state index in [0.29, 0.717) is 0 Å². The third-order valence-electron chi connectivity index (χ3n) is 4.99. The summed E-state index contributed by atoms with van der Waals surface area (Å²) in [5, 5.41) is 2.75. The van der Waals surface area contributed by atoms with Crippen LogP contribution in [0.2, 0.25) is 0 Å². The number of alkyl halides is 3. The average Bonchev–Trinajstić information content (AvgIpc) is 2.63. The van der Waals surface area contributed by atoms with Crippen LogP contribution in [0.4, 0.5) is 13.2 Å². The highest BCUT2D eigenvalue weighted by Crippen LogP contribution is 2.32. The molecule has 0 spiro atoms. The van der Waals surface area contributed by atoms with Gasteiger partial charge in [-0.1, -0.05) is 50.2 Å². The van der Waals surface area contributed by atoms with Crippen molar-refractivity contribution in [3.63, 3.8) is 0 Å². The van der Waals surface area contributed by atoms with Crippen LogP contribution in [0.25, 0.3) is 0 Å². The first-order valence-corrected chi connectivity index (χ1v) is 9.34. The standard InChI is InChI=1S/C21H26F3NO/c1-2-3-7-16-11-13-18(14-12-16)20(26)25-15-6-9-17-8-4-5-10-19(17)21(22,23)24/h4-5,8,10,16,18H,2-3,7,11-15H2,1H3,(H,25,26). The first-order valence-electron chi connectivity index (χ1n) is 9.34. The molecule has 0 unspecified atom stereocenters. The molecule has 0 saturated heterocycles. The average molecular weight is 365 g/mol. The first-order chi connectivity index (χ1) is 12.4. The highest BCUT2D eigenvalue weighted by Gasteiger charge is 2.32. The zero-order chi connectivity index (χ0) is 19.0. The third kappa shape index (κ3) is 6.09. The lowest BCUT2D eigenvalue weighted by Crippen LogP contribution is -2.33. The van der Waals surface area contributed by atoms with Gasteiger partial charge in [0.15, 0.2) is 0 Å². The molecular weight excluding hydrogens is 339 g/mol. The number of nitrogens with one attached hydrogen (secondary N) is 1. The fourth-order valence-corrected chi connectivity index (χ4v) is 3.46. The molecule has 1 amide bonds. The number of rotatable bonds is 5. The summed E-state index contributed by atoms with van der Waals surface area (Å²) in [7, 11) is 0. The van der Waals surface area contributed by atoms with Gasteiger partial charge in [-0.05, 0) is 43.7 Å². The van der Waals surface area contributed by atoms with Crippen LogP contribution in [0.5, 0.6) is 0 Å². The Morgan fingerprint density at radius 1 is 1.19 bits per heavy atom. The predicted octanol–water partition coefficient (Wildman–Crippen LogP) is 5.17. The Bertz CT molecular complexity index is 649. The van der Waals surface area contributed by atoms with Gasteiger partial charge in [-0.25, -0.2) is 0 Å². The Kier molecular flexibility index (Phi) is 7.56. The molecule has 5 heteroatoms. The van der Waals surface area contributed by atoms with Gasteiger partial charge in [0.05, 0.1) is 12.1 Å². The van der Waals surface area contributed by atoms with Crippen LogP contribution in [-0.4, -0.2) is 12.5 Å². The van der Waals surface area contributed by atoms with Gasteiger partial charge < -0.3 is 5.32 Å². The second-order valence-electron chi connectivity index (χ2n) is 6.92. The lowest BCUT2D eigenvalue weighted by atomic mass is 9.79. The third-order valence-corrected chi connectivity index (χ3v) is 4.99. The fraction of sp³-hybridized carbons (Fsp3) is 0.571. The number of unbranched alkanes of at least 4 members (excludes halogenated alkanes) is 1. The van der Waals surface area contributed by atoms with Gasteiger partial charge in [0.2, 0.25) is 5.91 Å². The van der Waals surface area contributed by atoms with Gasteiger partial charge in [0, 0.05) is 11.5 Å². The Morgan fingerprint density at radius 2 is 1.88 bits per heavy atom. The highest BCUT2D eigenvalue weighted by molar-refractivity contribution is 5.79. The van der Waals surface area contributed by atoms with E-state index in [2.05, 4.69) is 24.1 Å². The Hall–Kier alpha value is -1.96.